The van der Waals surface area contributed by atoms with E-state index in [9.17, 15) is 9.59 Å². The Bertz CT molecular complexity index is 502. The molecule has 1 fully saturated rings. The minimum Gasteiger partial charge on any atom is -0.481 e. The number of aliphatic carboxylic acids is 1. The van der Waals surface area contributed by atoms with Crippen LogP contribution < -0.4 is 10.6 Å². The number of anilines is 2. The molecule has 5 heteroatoms. The Morgan fingerprint density at radius 2 is 2.00 bits per heavy atom. The number of hydrogen-bond donors (Lipinski definition) is 3. The van der Waals surface area contributed by atoms with Crippen LogP contribution in [0.5, 0.6) is 0 Å². The van der Waals surface area contributed by atoms with E-state index < -0.39 is 5.97 Å². The van der Waals surface area contributed by atoms with Gasteiger partial charge in [-0.2, -0.15) is 0 Å². The topological polar surface area (TPSA) is 78.4 Å². The predicted octanol–water partition coefficient (Wildman–Crippen LogP) is 2.70. The van der Waals surface area contributed by atoms with Gasteiger partial charge >= 0.3 is 5.97 Å². The van der Waals surface area contributed by atoms with E-state index in [0.29, 0.717) is 6.42 Å². The molecule has 2 atom stereocenters. The summed E-state index contributed by atoms with van der Waals surface area (Å²) >= 11 is 0. The Morgan fingerprint density at radius 1 is 1.25 bits per heavy atom. The Hall–Kier alpha value is -2.04. The summed E-state index contributed by atoms with van der Waals surface area (Å²) < 4.78 is 0. The molecule has 0 saturated heterocycles. The first-order chi connectivity index (χ1) is 9.54. The molecule has 0 aromatic heterocycles. The summed E-state index contributed by atoms with van der Waals surface area (Å²) in [4.78, 5) is 22.1. The number of carbonyl (C=O) groups is 2. The molecule has 1 saturated carbocycles. The zero-order valence-corrected chi connectivity index (χ0v) is 11.6. The Kier molecular flexibility index (Phi) is 4.61. The van der Waals surface area contributed by atoms with E-state index in [1.807, 2.05) is 24.3 Å². The van der Waals surface area contributed by atoms with Crippen molar-refractivity contribution in [1.29, 1.82) is 0 Å². The van der Waals surface area contributed by atoms with Crippen molar-refractivity contribution in [2.45, 2.75) is 38.6 Å². The fraction of sp³-hybridized carbons (Fsp3) is 0.467. The van der Waals surface area contributed by atoms with Gasteiger partial charge in [0.15, 0.2) is 0 Å². The highest BCUT2D eigenvalue weighted by atomic mass is 16.4. The van der Waals surface area contributed by atoms with E-state index in [4.69, 9.17) is 5.11 Å². The molecule has 20 heavy (non-hydrogen) atoms. The lowest BCUT2D eigenvalue weighted by Crippen LogP contribution is -2.30. The molecule has 0 aliphatic heterocycles. The molecule has 1 aliphatic carbocycles. The zero-order chi connectivity index (χ0) is 14.5. The van der Waals surface area contributed by atoms with Crippen molar-refractivity contribution in [3.05, 3.63) is 24.3 Å². The fourth-order valence-electron chi connectivity index (χ4n) is 2.67. The average Bonchev–Trinajstić information content (AvgIpc) is 2.38. The number of carbonyl (C=O) groups excluding carboxylic acids is 1. The first kappa shape index (κ1) is 14.4. The van der Waals surface area contributed by atoms with Crippen LogP contribution in [0.3, 0.4) is 0 Å². The number of rotatable bonds is 4. The summed E-state index contributed by atoms with van der Waals surface area (Å²) in [6, 6.07) is 7.66. The highest BCUT2D eigenvalue weighted by Crippen LogP contribution is 2.27. The van der Waals surface area contributed by atoms with Gasteiger partial charge < -0.3 is 15.7 Å². The Balaban J connectivity index is 1.98. The van der Waals surface area contributed by atoms with Gasteiger partial charge in [0.05, 0.1) is 5.92 Å². The smallest absolute Gasteiger partial charge is 0.306 e. The number of carboxylic acid groups (broad SMARTS) is 1. The first-order valence-corrected chi connectivity index (χ1v) is 6.91. The molecule has 1 aromatic rings. The molecule has 1 amide bonds. The van der Waals surface area contributed by atoms with Gasteiger partial charge in [-0.1, -0.05) is 12.5 Å². The highest BCUT2D eigenvalue weighted by Gasteiger charge is 2.26. The minimum absolute atomic E-state index is 0.106. The van der Waals surface area contributed by atoms with Gasteiger partial charge in [0.2, 0.25) is 5.91 Å². The standard InChI is InChI=1S/C15H20N2O3/c1-10(18)16-13-6-3-7-14(9-13)17-12-5-2-4-11(8-12)15(19)20/h3,6-7,9,11-12,17H,2,4-5,8H2,1H3,(H,16,18)(H,19,20). The average molecular weight is 276 g/mol. The lowest BCUT2D eigenvalue weighted by atomic mass is 9.85. The van der Waals surface area contributed by atoms with Crippen LogP contribution in [-0.4, -0.2) is 23.0 Å². The third-order valence-corrected chi connectivity index (χ3v) is 3.58. The maximum atomic E-state index is 11.1. The predicted molar refractivity (Wildman–Crippen MR) is 77.8 cm³/mol. The second kappa shape index (κ2) is 6.41. The number of benzene rings is 1. The lowest BCUT2D eigenvalue weighted by molar-refractivity contribution is -0.142. The molecule has 0 bridgehead atoms. The third-order valence-electron chi connectivity index (χ3n) is 3.58. The van der Waals surface area contributed by atoms with Crippen LogP contribution >= 0.6 is 0 Å². The normalized spacial score (nSPS) is 22.1. The summed E-state index contributed by atoms with van der Waals surface area (Å²) in [6.07, 6.45) is 3.33. The van der Waals surface area contributed by atoms with Gasteiger partial charge in [-0.25, -0.2) is 0 Å². The SMILES string of the molecule is CC(=O)Nc1cccc(NC2CCCC(C(=O)O)C2)c1. The van der Waals surface area contributed by atoms with Crippen molar-refractivity contribution in [2.75, 3.05) is 10.6 Å². The van der Waals surface area contributed by atoms with Crippen molar-refractivity contribution in [3.8, 4) is 0 Å². The maximum Gasteiger partial charge on any atom is 0.306 e. The second-order valence-electron chi connectivity index (χ2n) is 5.31. The summed E-state index contributed by atoms with van der Waals surface area (Å²) in [6.45, 7) is 1.47. The zero-order valence-electron chi connectivity index (χ0n) is 11.6. The van der Waals surface area contributed by atoms with E-state index in [2.05, 4.69) is 10.6 Å². The molecule has 5 nitrogen and oxygen atoms in total. The van der Waals surface area contributed by atoms with Crippen LogP contribution in [0.2, 0.25) is 0 Å². The first-order valence-electron chi connectivity index (χ1n) is 6.91. The van der Waals surface area contributed by atoms with E-state index in [1.54, 1.807) is 0 Å². The maximum absolute atomic E-state index is 11.1. The van der Waals surface area contributed by atoms with Crippen molar-refractivity contribution in [1.82, 2.24) is 0 Å². The van der Waals surface area contributed by atoms with Crippen LogP contribution in [-0.2, 0) is 9.59 Å². The van der Waals surface area contributed by atoms with Crippen LogP contribution in [0.1, 0.15) is 32.6 Å². The Labute approximate surface area is 118 Å². The molecule has 0 heterocycles. The number of amides is 1. The lowest BCUT2D eigenvalue weighted by Gasteiger charge is -2.28. The van der Waals surface area contributed by atoms with Crippen molar-refractivity contribution < 1.29 is 14.7 Å². The highest BCUT2D eigenvalue weighted by molar-refractivity contribution is 5.89. The van der Waals surface area contributed by atoms with E-state index in [1.165, 1.54) is 6.92 Å². The van der Waals surface area contributed by atoms with Crippen LogP contribution in [0.15, 0.2) is 24.3 Å². The van der Waals surface area contributed by atoms with Gasteiger partial charge in [-0.3, -0.25) is 9.59 Å². The Morgan fingerprint density at radius 3 is 2.70 bits per heavy atom. The van der Waals surface area contributed by atoms with Gasteiger partial charge in [0.1, 0.15) is 0 Å². The second-order valence-corrected chi connectivity index (χ2v) is 5.31. The molecule has 3 N–H and O–H groups in total. The summed E-state index contributed by atoms with van der Waals surface area (Å²) in [5, 5.41) is 15.2. The fourth-order valence-corrected chi connectivity index (χ4v) is 2.67. The molecule has 2 unspecified atom stereocenters. The molecule has 108 valence electrons. The van der Waals surface area contributed by atoms with Crippen LogP contribution in [0.25, 0.3) is 0 Å². The van der Waals surface area contributed by atoms with Crippen LogP contribution in [0, 0.1) is 5.92 Å². The summed E-state index contributed by atoms with van der Waals surface area (Å²) in [5.41, 5.74) is 1.65. The van der Waals surface area contributed by atoms with Crippen molar-refractivity contribution in [2.24, 2.45) is 5.92 Å². The molecule has 0 spiro atoms. The largest absolute Gasteiger partial charge is 0.481 e. The van der Waals surface area contributed by atoms with Crippen molar-refractivity contribution >= 4 is 23.3 Å². The number of hydrogen-bond acceptors (Lipinski definition) is 3. The van der Waals surface area contributed by atoms with Gasteiger partial charge in [0, 0.05) is 24.3 Å². The minimum atomic E-state index is -0.705. The van der Waals surface area contributed by atoms with Gasteiger partial charge in [0.25, 0.3) is 0 Å². The molecular formula is C15H20N2O3. The molecule has 2 rings (SSSR count). The van der Waals surface area contributed by atoms with Crippen molar-refractivity contribution in [3.63, 3.8) is 0 Å². The molecule has 1 aromatic carbocycles. The third kappa shape index (κ3) is 3.98. The number of nitrogens with one attached hydrogen (secondary N) is 2. The summed E-state index contributed by atoms with van der Waals surface area (Å²) in [5.74, 6) is -1.06. The number of carboxylic acids is 1. The van der Waals surface area contributed by atoms with Gasteiger partial charge in [-0.15, -0.1) is 0 Å². The molecular weight excluding hydrogens is 256 g/mol. The molecule has 1 aliphatic rings. The van der Waals surface area contributed by atoms with E-state index >= 15 is 0 Å². The van der Waals surface area contributed by atoms with Gasteiger partial charge in [-0.05, 0) is 37.5 Å². The van der Waals surface area contributed by atoms with E-state index in [0.717, 1.165) is 30.6 Å². The quantitative estimate of drug-likeness (QED) is 0.790. The van der Waals surface area contributed by atoms with Crippen LogP contribution in [0.4, 0.5) is 11.4 Å². The molecule has 0 radical (unpaired) electrons. The summed E-state index contributed by atoms with van der Waals surface area (Å²) in [7, 11) is 0. The van der Waals surface area contributed by atoms with E-state index in [-0.39, 0.29) is 17.9 Å². The monoisotopic (exact) mass is 276 g/mol.